The first-order valence-electron chi connectivity index (χ1n) is 24.9. The van der Waals surface area contributed by atoms with Gasteiger partial charge in [-0.15, -0.1) is 0 Å². The first-order chi connectivity index (χ1) is 28.3. The van der Waals surface area contributed by atoms with Crippen molar-refractivity contribution in [3.05, 3.63) is 12.2 Å². The fourth-order valence-electron chi connectivity index (χ4n) is 8.10. The number of nitrogens with one attached hydrogen (secondary N) is 1. The third-order valence-corrected chi connectivity index (χ3v) is 12.1. The van der Waals surface area contributed by atoms with Crippen LogP contribution in [0.15, 0.2) is 12.2 Å². The molecule has 7 atom stereocenters. The fourth-order valence-corrected chi connectivity index (χ4v) is 8.10. The summed E-state index contributed by atoms with van der Waals surface area (Å²) in [6.07, 6.45) is 39.7. The van der Waals surface area contributed by atoms with Gasteiger partial charge in [0.25, 0.3) is 0 Å². The van der Waals surface area contributed by atoms with Gasteiger partial charge >= 0.3 is 0 Å². The van der Waals surface area contributed by atoms with Crippen molar-refractivity contribution in [1.82, 2.24) is 5.32 Å². The van der Waals surface area contributed by atoms with Gasteiger partial charge in [-0.05, 0) is 19.3 Å². The molecule has 344 valence electrons. The summed E-state index contributed by atoms with van der Waals surface area (Å²) in [7, 11) is 0. The van der Waals surface area contributed by atoms with Crippen molar-refractivity contribution in [3.8, 4) is 0 Å². The number of rotatable bonds is 42. The van der Waals surface area contributed by atoms with E-state index in [0.717, 1.165) is 38.5 Å². The Hall–Kier alpha value is -1.07. The van der Waals surface area contributed by atoms with Gasteiger partial charge in [0.2, 0.25) is 5.91 Å². The minimum atomic E-state index is -1.56. The van der Waals surface area contributed by atoms with E-state index < -0.39 is 49.5 Å². The first-order valence-corrected chi connectivity index (χ1v) is 24.9. The number of hydrogen-bond donors (Lipinski definition) is 6. The predicted octanol–water partition coefficient (Wildman–Crippen LogP) is 10.9. The fraction of sp³-hybridized carbons (Fsp3) is 0.939. The third-order valence-electron chi connectivity index (χ3n) is 12.1. The molecule has 1 heterocycles. The lowest BCUT2D eigenvalue weighted by Crippen LogP contribution is -2.60. The predicted molar refractivity (Wildman–Crippen MR) is 240 cm³/mol. The van der Waals surface area contributed by atoms with Crippen LogP contribution in [0, 0.1) is 0 Å². The SMILES string of the molecule is CCCCCCCCCCCCCC/C=C/[C@@H](O)[C@H](CO[C@@H]1O[C@H](CO)[C@H](O)C(O)C1O)NC(=O)CCCCCCCCCCCCCCCCCCCCCCC. The number of amides is 1. The van der Waals surface area contributed by atoms with Gasteiger partial charge in [-0.3, -0.25) is 4.79 Å². The van der Waals surface area contributed by atoms with Crippen LogP contribution in [-0.2, 0) is 14.3 Å². The lowest BCUT2D eigenvalue weighted by Gasteiger charge is -2.40. The molecule has 58 heavy (non-hydrogen) atoms. The van der Waals surface area contributed by atoms with Crippen LogP contribution in [-0.4, -0.2) is 87.5 Å². The highest BCUT2D eigenvalue weighted by molar-refractivity contribution is 5.76. The zero-order valence-corrected chi connectivity index (χ0v) is 37.8. The van der Waals surface area contributed by atoms with Crippen LogP contribution < -0.4 is 5.32 Å². The molecule has 6 N–H and O–H groups in total. The standard InChI is InChI=1S/C49H95NO8/c1-3-5-7-9-11-13-15-17-19-20-21-22-23-24-25-27-29-31-33-35-37-39-45(53)50-42(41-57-49-48(56)47(55)46(54)44(40-51)58-49)43(52)38-36-34-32-30-28-26-18-16-14-12-10-8-6-4-2/h36,38,42-44,46-49,51-52,54-56H,3-35,37,39-41H2,1-2H3,(H,50,53)/b38-36+/t42-,43+,44+,46-,47?,48?,49+/m0/s1. The van der Waals surface area contributed by atoms with Gasteiger partial charge in [0, 0.05) is 6.42 Å². The van der Waals surface area contributed by atoms with Crippen LogP contribution in [0.25, 0.3) is 0 Å². The third kappa shape index (κ3) is 30.0. The Kier molecular flexibility index (Phi) is 37.9. The summed E-state index contributed by atoms with van der Waals surface area (Å²) in [5.74, 6) is -0.173. The Balaban J connectivity index is 2.27. The summed E-state index contributed by atoms with van der Waals surface area (Å²) in [4.78, 5) is 13.0. The van der Waals surface area contributed by atoms with E-state index in [0.29, 0.717) is 6.42 Å². The Bertz CT molecular complexity index is 919. The van der Waals surface area contributed by atoms with E-state index in [2.05, 4.69) is 19.2 Å². The maximum atomic E-state index is 13.0. The lowest BCUT2D eigenvalue weighted by molar-refractivity contribution is -0.302. The summed E-state index contributed by atoms with van der Waals surface area (Å²) < 4.78 is 11.2. The molecule has 0 bridgehead atoms. The minimum absolute atomic E-state index is 0.173. The molecule has 0 aromatic heterocycles. The number of ether oxygens (including phenoxy) is 2. The van der Waals surface area contributed by atoms with Crippen molar-refractivity contribution in [2.75, 3.05) is 13.2 Å². The van der Waals surface area contributed by atoms with Crippen LogP contribution in [0.2, 0.25) is 0 Å². The Morgan fingerprint density at radius 3 is 1.34 bits per heavy atom. The zero-order chi connectivity index (χ0) is 42.3. The molecule has 1 saturated heterocycles. The van der Waals surface area contributed by atoms with Crippen molar-refractivity contribution in [2.45, 2.75) is 281 Å². The molecule has 2 unspecified atom stereocenters. The molecule has 1 fully saturated rings. The molecule has 0 aromatic carbocycles. The van der Waals surface area contributed by atoms with E-state index in [1.165, 1.54) is 180 Å². The molecule has 0 radical (unpaired) electrons. The number of carbonyl (C=O) groups excluding carboxylic acids is 1. The number of carbonyl (C=O) groups is 1. The smallest absolute Gasteiger partial charge is 0.220 e. The molecule has 9 nitrogen and oxygen atoms in total. The van der Waals surface area contributed by atoms with Crippen LogP contribution in [0.5, 0.6) is 0 Å². The topological polar surface area (TPSA) is 149 Å². The van der Waals surface area contributed by atoms with Crippen LogP contribution >= 0.6 is 0 Å². The maximum absolute atomic E-state index is 13.0. The van der Waals surface area contributed by atoms with Gasteiger partial charge in [-0.1, -0.05) is 225 Å². The summed E-state index contributed by atoms with van der Waals surface area (Å²) in [5, 5.41) is 54.3. The molecule has 1 rings (SSSR count). The summed E-state index contributed by atoms with van der Waals surface area (Å²) in [6.45, 7) is 3.79. The van der Waals surface area contributed by atoms with Gasteiger partial charge in [0.15, 0.2) is 6.29 Å². The maximum Gasteiger partial charge on any atom is 0.220 e. The van der Waals surface area contributed by atoms with E-state index >= 15 is 0 Å². The highest BCUT2D eigenvalue weighted by Crippen LogP contribution is 2.23. The van der Waals surface area contributed by atoms with Crippen LogP contribution in [0.4, 0.5) is 0 Å². The second kappa shape index (κ2) is 40.0. The Morgan fingerprint density at radius 1 is 0.569 bits per heavy atom. The largest absolute Gasteiger partial charge is 0.394 e. The van der Waals surface area contributed by atoms with E-state index in [4.69, 9.17) is 9.47 Å². The monoisotopic (exact) mass is 826 g/mol. The van der Waals surface area contributed by atoms with Crippen molar-refractivity contribution in [3.63, 3.8) is 0 Å². The average Bonchev–Trinajstić information content (AvgIpc) is 3.22. The summed E-state index contributed by atoms with van der Waals surface area (Å²) >= 11 is 0. The first kappa shape index (κ1) is 54.9. The van der Waals surface area contributed by atoms with Gasteiger partial charge in [-0.25, -0.2) is 0 Å². The normalized spacial score (nSPS) is 20.8. The number of hydrogen-bond acceptors (Lipinski definition) is 8. The lowest BCUT2D eigenvalue weighted by atomic mass is 9.99. The molecule has 0 aromatic rings. The Morgan fingerprint density at radius 2 is 0.948 bits per heavy atom. The molecular weight excluding hydrogens is 731 g/mol. The van der Waals surface area contributed by atoms with E-state index in [9.17, 15) is 30.3 Å². The molecule has 0 spiro atoms. The Labute approximate surface area is 356 Å². The van der Waals surface area contributed by atoms with Crippen molar-refractivity contribution in [2.24, 2.45) is 0 Å². The number of unbranched alkanes of at least 4 members (excludes halogenated alkanes) is 32. The van der Waals surface area contributed by atoms with Crippen LogP contribution in [0.1, 0.15) is 239 Å². The average molecular weight is 826 g/mol. The van der Waals surface area contributed by atoms with Crippen molar-refractivity contribution in [1.29, 1.82) is 0 Å². The minimum Gasteiger partial charge on any atom is -0.394 e. The molecular formula is C49H95NO8. The second-order valence-corrected chi connectivity index (χ2v) is 17.6. The van der Waals surface area contributed by atoms with E-state index in [1.54, 1.807) is 6.08 Å². The van der Waals surface area contributed by atoms with Gasteiger partial charge in [0.05, 0.1) is 25.4 Å². The highest BCUT2D eigenvalue weighted by atomic mass is 16.7. The highest BCUT2D eigenvalue weighted by Gasteiger charge is 2.44. The molecule has 0 saturated carbocycles. The molecule has 0 aliphatic carbocycles. The number of aliphatic hydroxyl groups is 5. The number of allylic oxidation sites excluding steroid dienone is 1. The zero-order valence-electron chi connectivity index (χ0n) is 37.8. The number of aliphatic hydroxyl groups excluding tert-OH is 5. The van der Waals surface area contributed by atoms with E-state index in [-0.39, 0.29) is 12.5 Å². The van der Waals surface area contributed by atoms with Crippen LogP contribution in [0.3, 0.4) is 0 Å². The molecule has 1 amide bonds. The second-order valence-electron chi connectivity index (χ2n) is 17.6. The summed E-state index contributed by atoms with van der Waals surface area (Å²) in [5.41, 5.74) is 0. The van der Waals surface area contributed by atoms with Gasteiger partial charge in [0.1, 0.15) is 24.4 Å². The molecule has 9 heteroatoms. The van der Waals surface area contributed by atoms with Crippen molar-refractivity contribution < 1.29 is 39.8 Å². The quantitative estimate of drug-likeness (QED) is 0.0263. The molecule has 1 aliphatic heterocycles. The van der Waals surface area contributed by atoms with Gasteiger partial charge < -0.3 is 40.3 Å². The van der Waals surface area contributed by atoms with Gasteiger partial charge in [-0.2, -0.15) is 0 Å². The van der Waals surface area contributed by atoms with Crippen molar-refractivity contribution >= 4 is 5.91 Å². The summed E-state index contributed by atoms with van der Waals surface area (Å²) in [6, 6.07) is -0.798. The molecule has 1 aliphatic rings. The van der Waals surface area contributed by atoms with E-state index in [1.807, 2.05) is 6.08 Å².